The number of ketones is 1. The molecule has 0 aliphatic rings. The lowest BCUT2D eigenvalue weighted by atomic mass is 10.1. The number of benzene rings is 2. The zero-order valence-electron chi connectivity index (χ0n) is 11.8. The normalized spacial score (nSPS) is 10.6. The summed E-state index contributed by atoms with van der Waals surface area (Å²) < 4.78 is 14.4. The number of H-pyrrole nitrogens is 1. The Morgan fingerprint density at radius 1 is 1.05 bits per heavy atom. The van der Waals surface area contributed by atoms with Gasteiger partial charge in [0.05, 0.1) is 11.4 Å². The summed E-state index contributed by atoms with van der Waals surface area (Å²) in [5.41, 5.74) is 1.25. The number of aromatic nitrogens is 2. The minimum atomic E-state index is -0.418. The van der Waals surface area contributed by atoms with Crippen molar-refractivity contribution in [3.63, 3.8) is 0 Å². The molecule has 0 bridgehead atoms. The summed E-state index contributed by atoms with van der Waals surface area (Å²) in [5.74, 6) is -0.715. The first-order chi connectivity index (χ1) is 10.6. The van der Waals surface area contributed by atoms with Crippen molar-refractivity contribution in [2.24, 2.45) is 0 Å². The molecule has 0 fully saturated rings. The molecule has 0 atom stereocenters. The minimum absolute atomic E-state index is 0.0652. The van der Waals surface area contributed by atoms with Gasteiger partial charge in [-0.1, -0.05) is 18.2 Å². The van der Waals surface area contributed by atoms with E-state index in [1.165, 1.54) is 35.9 Å². The zero-order valence-corrected chi connectivity index (χ0v) is 11.8. The highest BCUT2D eigenvalue weighted by atomic mass is 19.1. The predicted molar refractivity (Wildman–Crippen MR) is 81.8 cm³/mol. The van der Waals surface area contributed by atoms with E-state index in [1.54, 1.807) is 24.3 Å². The van der Waals surface area contributed by atoms with Crippen molar-refractivity contribution in [1.82, 2.24) is 9.78 Å². The summed E-state index contributed by atoms with van der Waals surface area (Å²) in [4.78, 5) is 24.4. The molecule has 2 aromatic carbocycles. The Balaban J connectivity index is 2.25. The Morgan fingerprint density at radius 2 is 1.68 bits per heavy atom. The van der Waals surface area contributed by atoms with Gasteiger partial charge in [0.2, 0.25) is 0 Å². The summed E-state index contributed by atoms with van der Waals surface area (Å²) in [7, 11) is 0. The lowest BCUT2D eigenvalue weighted by Gasteiger charge is -2.02. The third-order valence-electron chi connectivity index (χ3n) is 3.39. The number of hydrogen-bond donors (Lipinski definition) is 1. The van der Waals surface area contributed by atoms with Crippen molar-refractivity contribution in [3.8, 4) is 16.9 Å². The Kier molecular flexibility index (Phi) is 3.47. The largest absolute Gasteiger partial charge is 0.294 e. The summed E-state index contributed by atoms with van der Waals surface area (Å²) in [6.07, 6.45) is 0. The van der Waals surface area contributed by atoms with Gasteiger partial charge in [-0.2, -0.15) is 0 Å². The fraction of sp³-hybridized carbons (Fsp3) is 0.0588. The summed E-state index contributed by atoms with van der Waals surface area (Å²) in [5, 5.41) is 2.94. The van der Waals surface area contributed by atoms with Crippen LogP contribution in [0.5, 0.6) is 0 Å². The van der Waals surface area contributed by atoms with Gasteiger partial charge in [0.15, 0.2) is 5.78 Å². The maximum atomic E-state index is 13.1. The summed E-state index contributed by atoms with van der Waals surface area (Å²) in [6.45, 7) is 1.34. The first-order valence-electron chi connectivity index (χ1n) is 6.75. The molecule has 3 aromatic rings. The molecule has 5 heteroatoms. The number of para-hydroxylation sites is 1. The maximum Gasteiger partial charge on any atom is 0.282 e. The van der Waals surface area contributed by atoms with Crippen molar-refractivity contribution in [3.05, 3.63) is 76.3 Å². The van der Waals surface area contributed by atoms with Gasteiger partial charge in [0.25, 0.3) is 5.56 Å². The molecule has 1 heterocycles. The van der Waals surface area contributed by atoms with Crippen molar-refractivity contribution in [1.29, 1.82) is 0 Å². The van der Waals surface area contributed by atoms with Crippen LogP contribution in [0.4, 0.5) is 4.39 Å². The van der Waals surface area contributed by atoms with Gasteiger partial charge in [-0.25, -0.2) is 9.07 Å². The van der Waals surface area contributed by atoms with Crippen molar-refractivity contribution in [2.75, 3.05) is 0 Å². The van der Waals surface area contributed by atoms with Crippen LogP contribution in [-0.4, -0.2) is 15.6 Å². The predicted octanol–water partition coefficient (Wildman–Crippen LogP) is 3.17. The van der Waals surface area contributed by atoms with Gasteiger partial charge in [-0.15, -0.1) is 0 Å². The van der Waals surface area contributed by atoms with Crippen molar-refractivity contribution < 1.29 is 9.18 Å². The van der Waals surface area contributed by atoms with Gasteiger partial charge in [0.1, 0.15) is 11.4 Å². The highest BCUT2D eigenvalue weighted by Crippen LogP contribution is 2.21. The van der Waals surface area contributed by atoms with Gasteiger partial charge >= 0.3 is 0 Å². The summed E-state index contributed by atoms with van der Waals surface area (Å²) >= 11 is 0. The van der Waals surface area contributed by atoms with Gasteiger partial charge in [-0.05, 0) is 43.3 Å². The van der Waals surface area contributed by atoms with E-state index < -0.39 is 5.56 Å². The molecule has 1 aromatic heterocycles. The van der Waals surface area contributed by atoms with E-state index in [0.717, 1.165) is 0 Å². The number of hydrogen-bond acceptors (Lipinski definition) is 2. The molecule has 3 rings (SSSR count). The first-order valence-corrected chi connectivity index (χ1v) is 6.75. The lowest BCUT2D eigenvalue weighted by Crippen LogP contribution is -2.19. The molecule has 0 aliphatic heterocycles. The highest BCUT2D eigenvalue weighted by molar-refractivity contribution is 5.99. The van der Waals surface area contributed by atoms with Gasteiger partial charge < -0.3 is 0 Å². The molecule has 0 radical (unpaired) electrons. The molecule has 0 spiro atoms. The third kappa shape index (κ3) is 2.37. The molecule has 4 nitrogen and oxygen atoms in total. The van der Waals surface area contributed by atoms with Crippen LogP contribution in [0, 0.1) is 5.82 Å². The Morgan fingerprint density at radius 3 is 2.27 bits per heavy atom. The fourth-order valence-corrected chi connectivity index (χ4v) is 2.35. The van der Waals surface area contributed by atoms with E-state index in [0.29, 0.717) is 16.9 Å². The molecule has 0 unspecified atom stereocenters. The summed E-state index contributed by atoms with van der Waals surface area (Å²) in [6, 6.07) is 14.6. The topological polar surface area (TPSA) is 54.9 Å². The van der Waals surface area contributed by atoms with Crippen LogP contribution in [-0.2, 0) is 0 Å². The Bertz CT molecular complexity index is 877. The average Bonchev–Trinajstić information content (AvgIpc) is 2.86. The van der Waals surface area contributed by atoms with Crippen LogP contribution in [0.3, 0.4) is 0 Å². The highest BCUT2D eigenvalue weighted by Gasteiger charge is 2.20. The number of Topliss-reactive ketones (excluding diaryl/α,β-unsaturated/α-hetero) is 1. The standard InChI is InChI=1S/C17H13FN2O2/c1-11(21)15-16(12-7-9-13(18)10-8-12)19-20(17(15)22)14-5-3-2-4-6-14/h2-10,19H,1H3. The monoisotopic (exact) mass is 296 g/mol. The zero-order chi connectivity index (χ0) is 15.7. The second-order valence-corrected chi connectivity index (χ2v) is 4.90. The second kappa shape index (κ2) is 5.44. The quantitative estimate of drug-likeness (QED) is 0.755. The van der Waals surface area contributed by atoms with Gasteiger partial charge in [0, 0.05) is 5.56 Å². The number of nitrogens with one attached hydrogen (secondary N) is 1. The first kappa shape index (κ1) is 14.0. The maximum absolute atomic E-state index is 13.1. The smallest absolute Gasteiger partial charge is 0.282 e. The molecule has 110 valence electrons. The van der Waals surface area contributed by atoms with Crippen LogP contribution in [0.2, 0.25) is 0 Å². The van der Waals surface area contributed by atoms with Crippen molar-refractivity contribution in [2.45, 2.75) is 6.92 Å². The minimum Gasteiger partial charge on any atom is -0.294 e. The van der Waals surface area contributed by atoms with E-state index in [4.69, 9.17) is 0 Å². The van der Waals surface area contributed by atoms with E-state index in [-0.39, 0.29) is 17.2 Å². The molecule has 0 amide bonds. The molecular weight excluding hydrogens is 283 g/mol. The van der Waals surface area contributed by atoms with E-state index in [1.807, 2.05) is 6.07 Å². The van der Waals surface area contributed by atoms with E-state index in [2.05, 4.69) is 5.10 Å². The van der Waals surface area contributed by atoms with Crippen LogP contribution in [0.15, 0.2) is 59.4 Å². The number of nitrogens with zero attached hydrogens (tertiary/aromatic N) is 1. The molecule has 0 saturated heterocycles. The number of aromatic amines is 1. The van der Waals surface area contributed by atoms with Crippen molar-refractivity contribution >= 4 is 5.78 Å². The van der Waals surface area contributed by atoms with Crippen LogP contribution in [0.25, 0.3) is 16.9 Å². The second-order valence-electron chi connectivity index (χ2n) is 4.90. The molecule has 1 N–H and O–H groups in total. The Labute approximate surface area is 125 Å². The van der Waals surface area contributed by atoms with E-state index >= 15 is 0 Å². The average molecular weight is 296 g/mol. The number of halogens is 1. The molecular formula is C17H13FN2O2. The van der Waals surface area contributed by atoms with Crippen LogP contribution in [0.1, 0.15) is 17.3 Å². The Hall–Kier alpha value is -2.95. The number of carbonyl (C=O) groups excluding carboxylic acids is 1. The molecule has 0 saturated carbocycles. The van der Waals surface area contributed by atoms with Crippen LogP contribution >= 0.6 is 0 Å². The van der Waals surface area contributed by atoms with E-state index in [9.17, 15) is 14.0 Å². The molecule has 0 aliphatic carbocycles. The van der Waals surface area contributed by atoms with Gasteiger partial charge in [-0.3, -0.25) is 14.7 Å². The van der Waals surface area contributed by atoms with Crippen LogP contribution < -0.4 is 5.56 Å². The molecule has 22 heavy (non-hydrogen) atoms. The third-order valence-corrected chi connectivity index (χ3v) is 3.39. The fourth-order valence-electron chi connectivity index (χ4n) is 2.35. The lowest BCUT2D eigenvalue weighted by molar-refractivity contribution is 0.101. The SMILES string of the molecule is CC(=O)c1c(-c2ccc(F)cc2)[nH]n(-c2ccccc2)c1=O. The number of carbonyl (C=O) groups is 1. The number of rotatable bonds is 3.